The third-order valence-electron chi connectivity index (χ3n) is 4.81. The van der Waals surface area contributed by atoms with Gasteiger partial charge in [0.25, 0.3) is 0 Å². The molecule has 0 unspecified atom stereocenters. The van der Waals surface area contributed by atoms with Crippen molar-refractivity contribution in [3.63, 3.8) is 0 Å². The second kappa shape index (κ2) is 11.2. The molecule has 9 nitrogen and oxygen atoms in total. The van der Waals surface area contributed by atoms with Crippen LogP contribution in [-0.2, 0) is 0 Å². The molecule has 2 saturated heterocycles. The van der Waals surface area contributed by atoms with Gasteiger partial charge in [0, 0.05) is 65.4 Å². The first-order valence-electron chi connectivity index (χ1n) is 9.86. The average molecular weight is 363 g/mol. The molecule has 145 valence electrons. The lowest BCUT2D eigenvalue weighted by molar-refractivity contribution is 0.240. The summed E-state index contributed by atoms with van der Waals surface area (Å²) in [6, 6.07) is 0. The Morgan fingerprint density at radius 1 is 0.769 bits per heavy atom. The molecule has 1 radical (unpaired) electrons. The van der Waals surface area contributed by atoms with E-state index in [2.05, 4.69) is 52.3 Å². The maximum atomic E-state index is 4.42. The van der Waals surface area contributed by atoms with Gasteiger partial charge in [-0.1, -0.05) is 0 Å². The van der Waals surface area contributed by atoms with Gasteiger partial charge in [-0.3, -0.25) is 0 Å². The van der Waals surface area contributed by atoms with Crippen molar-refractivity contribution in [2.24, 2.45) is 0 Å². The van der Waals surface area contributed by atoms with E-state index in [4.69, 9.17) is 0 Å². The Hall–Kier alpha value is -1.55. The summed E-state index contributed by atoms with van der Waals surface area (Å²) in [5.74, 6) is 1.20. The smallest absolute Gasteiger partial charge is 0.228 e. The lowest BCUT2D eigenvalue weighted by atomic mass is 10.3. The van der Waals surface area contributed by atoms with Crippen LogP contribution >= 0.6 is 0 Å². The number of nitrogens with zero attached hydrogens (tertiary/aromatic N) is 5. The Morgan fingerprint density at radius 3 is 1.69 bits per heavy atom. The number of nitrogens with one attached hydrogen (secondary N) is 4. The van der Waals surface area contributed by atoms with Crippen molar-refractivity contribution in [1.29, 1.82) is 0 Å². The van der Waals surface area contributed by atoms with Crippen molar-refractivity contribution in [3.05, 3.63) is 6.33 Å². The molecule has 9 heteroatoms. The zero-order chi connectivity index (χ0) is 17.9. The molecule has 2 aliphatic heterocycles. The largest absolute Gasteiger partial charge is 0.354 e. The first kappa shape index (κ1) is 19.2. The molecular weight excluding hydrogens is 330 g/mol. The highest BCUT2D eigenvalue weighted by Gasteiger charge is 2.09. The van der Waals surface area contributed by atoms with Crippen molar-refractivity contribution >= 4 is 11.9 Å². The Balaban J connectivity index is 1.28. The summed E-state index contributed by atoms with van der Waals surface area (Å²) in [5.41, 5.74) is 0. The fraction of sp³-hybridized carbons (Fsp3) is 0.824. The summed E-state index contributed by atoms with van der Waals surface area (Å²) in [6.45, 7) is 12.9. The number of aromatic nitrogens is 3. The summed E-state index contributed by atoms with van der Waals surface area (Å²) in [5, 5.41) is 13.3. The van der Waals surface area contributed by atoms with Gasteiger partial charge < -0.3 is 31.1 Å². The number of hydrogen-bond donors (Lipinski definition) is 4. The molecule has 0 spiro atoms. The van der Waals surface area contributed by atoms with E-state index in [-0.39, 0.29) is 0 Å². The number of anilines is 2. The summed E-state index contributed by atoms with van der Waals surface area (Å²) in [4.78, 5) is 17.6. The van der Waals surface area contributed by atoms with E-state index in [1.165, 1.54) is 0 Å². The molecule has 3 rings (SSSR count). The summed E-state index contributed by atoms with van der Waals surface area (Å²) in [6.07, 6.45) is 4.85. The Labute approximate surface area is 156 Å². The number of piperazine rings is 2. The highest BCUT2D eigenvalue weighted by atomic mass is 15.2. The van der Waals surface area contributed by atoms with Gasteiger partial charge in [0.15, 0.2) is 0 Å². The molecule has 2 aliphatic rings. The predicted octanol–water partition coefficient (Wildman–Crippen LogP) is -0.914. The monoisotopic (exact) mass is 362 g/mol. The molecular formula is C17H32N9. The van der Waals surface area contributed by atoms with E-state index >= 15 is 0 Å². The fourth-order valence-corrected chi connectivity index (χ4v) is 3.30. The molecule has 26 heavy (non-hydrogen) atoms. The van der Waals surface area contributed by atoms with Crippen LogP contribution in [-0.4, -0.2) is 103 Å². The molecule has 1 aromatic rings. The zero-order valence-corrected chi connectivity index (χ0v) is 15.6. The molecule has 0 aliphatic carbocycles. The summed E-state index contributed by atoms with van der Waals surface area (Å²) >= 11 is 0. The zero-order valence-electron chi connectivity index (χ0n) is 15.6. The Morgan fingerprint density at radius 2 is 1.23 bits per heavy atom. The first-order chi connectivity index (χ1) is 12.9. The maximum absolute atomic E-state index is 4.42. The van der Waals surface area contributed by atoms with Crippen molar-refractivity contribution in [2.45, 2.75) is 12.8 Å². The highest BCUT2D eigenvalue weighted by molar-refractivity contribution is 5.32. The van der Waals surface area contributed by atoms with Gasteiger partial charge in [-0.2, -0.15) is 15.0 Å². The second-order valence-electron chi connectivity index (χ2n) is 6.83. The van der Waals surface area contributed by atoms with E-state index in [1.54, 1.807) is 0 Å². The minimum Gasteiger partial charge on any atom is -0.354 e. The van der Waals surface area contributed by atoms with Crippen LogP contribution in [0.15, 0.2) is 0 Å². The second-order valence-corrected chi connectivity index (χ2v) is 6.83. The van der Waals surface area contributed by atoms with Gasteiger partial charge in [-0.05, 0) is 25.9 Å². The quantitative estimate of drug-likeness (QED) is 0.395. The van der Waals surface area contributed by atoms with Crippen LogP contribution in [0.5, 0.6) is 0 Å². The van der Waals surface area contributed by atoms with E-state index in [1.807, 2.05) is 0 Å². The summed E-state index contributed by atoms with van der Waals surface area (Å²) in [7, 11) is 0. The van der Waals surface area contributed by atoms with Crippen molar-refractivity contribution < 1.29 is 0 Å². The van der Waals surface area contributed by atoms with Crippen molar-refractivity contribution in [2.75, 3.05) is 89.2 Å². The molecule has 0 aromatic carbocycles. The van der Waals surface area contributed by atoms with Crippen LogP contribution in [0.25, 0.3) is 0 Å². The number of rotatable bonds is 10. The van der Waals surface area contributed by atoms with Crippen molar-refractivity contribution in [3.8, 4) is 0 Å². The van der Waals surface area contributed by atoms with E-state index in [0.29, 0.717) is 11.9 Å². The third kappa shape index (κ3) is 6.99. The molecule has 0 bridgehead atoms. The predicted molar refractivity (Wildman–Crippen MR) is 103 cm³/mol. The summed E-state index contributed by atoms with van der Waals surface area (Å²) < 4.78 is 0. The van der Waals surface area contributed by atoms with Gasteiger partial charge in [-0.15, -0.1) is 0 Å². The Bertz CT molecular complexity index is 460. The normalized spacial score (nSPS) is 19.4. The lowest BCUT2D eigenvalue weighted by Gasteiger charge is -2.27. The van der Waals surface area contributed by atoms with Gasteiger partial charge in [-0.25, -0.2) is 0 Å². The fourth-order valence-electron chi connectivity index (χ4n) is 3.30. The van der Waals surface area contributed by atoms with Crippen LogP contribution in [0.4, 0.5) is 11.9 Å². The maximum Gasteiger partial charge on any atom is 0.228 e. The van der Waals surface area contributed by atoms with E-state index in [0.717, 1.165) is 91.4 Å². The molecule has 2 fully saturated rings. The topological polar surface area (TPSA) is 93.3 Å². The van der Waals surface area contributed by atoms with Crippen molar-refractivity contribution in [1.82, 2.24) is 35.4 Å². The van der Waals surface area contributed by atoms with Gasteiger partial charge in [0.2, 0.25) is 18.2 Å². The SMILES string of the molecule is [c]1nc(NCCCN2CCNCC2)nc(NCCCN2CCNCC2)n1. The van der Waals surface area contributed by atoms with Crippen LogP contribution in [0, 0.1) is 6.33 Å². The molecule has 3 heterocycles. The minimum absolute atomic E-state index is 0.602. The van der Waals surface area contributed by atoms with Crippen LogP contribution in [0.1, 0.15) is 12.8 Å². The van der Waals surface area contributed by atoms with E-state index < -0.39 is 0 Å². The highest BCUT2D eigenvalue weighted by Crippen LogP contribution is 2.03. The van der Waals surface area contributed by atoms with Gasteiger partial charge in [0.1, 0.15) is 0 Å². The standard InChI is InChI=1S/C17H32N9/c1(9-25-11-5-18-6-12-25)3-20-16-22-15-23-17(24-16)21-4-2-10-26-13-7-19-8-14-26/h18-19H,1-14H2,(H2,20,21,22,23,24). The van der Waals surface area contributed by atoms with Crippen LogP contribution in [0.3, 0.4) is 0 Å². The number of hydrogen-bond acceptors (Lipinski definition) is 9. The first-order valence-corrected chi connectivity index (χ1v) is 9.86. The minimum atomic E-state index is 0.602. The molecule has 4 N–H and O–H groups in total. The third-order valence-corrected chi connectivity index (χ3v) is 4.81. The Kier molecular flexibility index (Phi) is 8.30. The van der Waals surface area contributed by atoms with E-state index in [9.17, 15) is 0 Å². The van der Waals surface area contributed by atoms with Crippen LogP contribution in [0.2, 0.25) is 0 Å². The molecule has 0 saturated carbocycles. The molecule has 0 atom stereocenters. The molecule has 0 amide bonds. The van der Waals surface area contributed by atoms with Crippen LogP contribution < -0.4 is 21.3 Å². The van der Waals surface area contributed by atoms with Gasteiger partial charge >= 0.3 is 0 Å². The lowest BCUT2D eigenvalue weighted by Crippen LogP contribution is -2.44. The molecule has 1 aromatic heterocycles. The van der Waals surface area contributed by atoms with Gasteiger partial charge in [0.05, 0.1) is 0 Å². The average Bonchev–Trinajstić information content (AvgIpc) is 2.71.